The first kappa shape index (κ1) is 123. The molecule has 16 unspecified atom stereocenters. The van der Waals surface area contributed by atoms with Gasteiger partial charge in [0.25, 0.3) is 44.9 Å². The number of fused-ring (bicyclic) bond motifs is 20. The van der Waals surface area contributed by atoms with Gasteiger partial charge in [-0.15, -0.1) is 0 Å². The number of carbonyl (C=O) groups excluding carboxylic acids is 16. The van der Waals surface area contributed by atoms with Crippen LogP contribution in [-0.4, -0.2) is 242 Å². The largest absolute Gasteiger partial charge is 0.746 e. The number of halogens is 8. The van der Waals surface area contributed by atoms with Crippen molar-refractivity contribution in [1.82, 2.24) is 19.6 Å². The summed E-state index contributed by atoms with van der Waals surface area (Å²) < 4.78 is 251. The maximum atomic E-state index is 12.8. The van der Waals surface area contributed by atoms with Crippen molar-refractivity contribution < 1.29 is 202 Å². The summed E-state index contributed by atoms with van der Waals surface area (Å²) in [7, 11) is -19.6. The van der Waals surface area contributed by atoms with Crippen LogP contribution in [-0.2, 0) is 155 Å². The average molecular weight is 3170 g/mol. The summed E-state index contributed by atoms with van der Waals surface area (Å²) in [6.07, 6.45) is 30.0. The minimum atomic E-state index is -5.94. The van der Waals surface area contributed by atoms with E-state index in [4.69, 9.17) is 0 Å². The second kappa shape index (κ2) is 51.4. The van der Waals surface area contributed by atoms with Crippen LogP contribution < -0.4 is 0 Å². The molecule has 4 aliphatic heterocycles. The van der Waals surface area contributed by atoms with Crippen molar-refractivity contribution in [2.75, 3.05) is 54.6 Å². The van der Waals surface area contributed by atoms with Crippen LogP contribution in [0.4, 0.5) is 35.1 Å². The summed E-state index contributed by atoms with van der Waals surface area (Å²) in [5.74, 6) is 2.06. The Hall–Kier alpha value is -12.6. The number of esters is 8. The van der Waals surface area contributed by atoms with Gasteiger partial charge >= 0.3 is 23.9 Å². The third-order valence-corrected chi connectivity index (χ3v) is 32.7. The zero-order valence-corrected chi connectivity index (χ0v) is 110. The molecule has 0 N–H and O–H groups in total. The Morgan fingerprint density at radius 2 is 0.434 bits per heavy atom. The van der Waals surface area contributed by atoms with Crippen molar-refractivity contribution in [3.05, 3.63) is 26.4 Å². The molecule has 4 heterocycles. The molecule has 4 saturated heterocycles. The molecule has 145 heavy (non-hydrogen) atoms. The van der Waals surface area contributed by atoms with E-state index in [1.807, 2.05) is 0 Å². The summed E-state index contributed by atoms with van der Waals surface area (Å²) in [4.78, 5) is 191. The standard InChI is InChI=1S/C18H27NO2.C16H23NO2.C14H19NO2.C13H17NO2.4C7H9F2O7S.4Rf/c20-17(12-6-4-2-1-3-5-7-12)19-11-15-13-8-9-14(10-13)16(15)18(19)21;18-15(10-4-2-1-3-5-10)17-9-13-11-6-7-12(8-11)14(13)16(17)19;16-13(8-2-1-3-8)15-7-11-9-4-5-10(6-9)12(11)14(15)17;15-12(7-1-2-7)14-6-10-8-3-4-9(5-8)11(10)13(14)16;4*1-15-5(10)2-3-6(11)16-4-7(8,9)17(12,13)14;;;;/h12-16H,1-11H2;10-14H,1-9H2;8-12H,1-7H2;7-11H,1-6H2;4*4H,2-3H2,1H3,(H,12,13,14);;;;/q;;;;4*-1;;;;/p-4. The van der Waals surface area contributed by atoms with Gasteiger partial charge in [-0.05, 0) is 199 Å². The number of hydrogen-bond acceptors (Lipinski definition) is 36. The summed E-state index contributed by atoms with van der Waals surface area (Å²) >= 11 is 0. The van der Waals surface area contributed by atoms with Gasteiger partial charge in [0.15, 0.2) is 0 Å². The molecule has 16 atom stereocenters. The van der Waals surface area contributed by atoms with E-state index < -0.39 is 187 Å². The van der Waals surface area contributed by atoms with Gasteiger partial charge in [0.1, 0.15) is 40.5 Å². The zero-order chi connectivity index (χ0) is 105. The van der Waals surface area contributed by atoms with E-state index >= 15 is 0 Å². The molecule has 0 spiro atoms. The van der Waals surface area contributed by atoms with Crippen molar-refractivity contribution in [3.8, 4) is 0 Å². The van der Waals surface area contributed by atoms with E-state index in [2.05, 4.69) is 37.9 Å². The SMILES string of the molecule is COC(=O)CCC(=O)O[CH-]C(F)(F)S(=O)(=O)[O-].COC(=O)CCC(=O)O[CH-]C(F)(F)S(=O)(=O)[O-].COC(=O)CCC(=O)O[CH-]C(F)(F)S(=O)(=O)[O-].COC(=O)CCC(=O)O[CH-]C(F)(F)S(=O)(=O)[O-].O=C(C1CC1)N1CC2C3CCC(C3)C2C1=O.O=C(C1CCC1)N1CC2C3CCC(C3)C2C1=O.O=C(C1CCCCC1)N1CC2C3CCC(C3)C2C1=O.O=C(C1CCCCCCC1)N1CC2C3CCC(C3)C2C1=O.[Rf].[Rf].[Rf].[Rf]. The van der Waals surface area contributed by atoms with Gasteiger partial charge in [-0.1, -0.05) is 84.2 Å². The van der Waals surface area contributed by atoms with Gasteiger partial charge in [0.2, 0.25) is 47.3 Å². The number of ether oxygens (including phenoxy) is 8. The predicted molar refractivity (Wildman–Crippen MR) is 456 cm³/mol. The minimum Gasteiger partial charge on any atom is -0.746 e. The van der Waals surface area contributed by atoms with Gasteiger partial charge in [-0.3, -0.25) is 96.3 Å². The van der Waals surface area contributed by atoms with Gasteiger partial charge < -0.3 is 56.1 Å². The Bertz CT molecular complexity index is 4750. The molecular formula is C89H118F8N4O36Rf4S4-8. The van der Waals surface area contributed by atoms with Crippen LogP contribution in [0.1, 0.15) is 238 Å². The van der Waals surface area contributed by atoms with Gasteiger partial charge in [0.05, 0.1) is 79.8 Å². The third-order valence-electron chi connectivity index (χ3n) is 29.7. The van der Waals surface area contributed by atoms with Gasteiger partial charge in [0, 0.05) is 73.5 Å². The Morgan fingerprint density at radius 3 is 0.600 bits per heavy atom. The molecule has 16 fully saturated rings. The third kappa shape index (κ3) is 31.0. The monoisotopic (exact) mass is 3170 g/mol. The number of amides is 8. The summed E-state index contributed by atoms with van der Waals surface area (Å²) in [5, 5.41) is -19.2. The first-order valence-corrected chi connectivity index (χ1v) is 52.7. The van der Waals surface area contributed by atoms with Crippen LogP contribution in [0.3, 0.4) is 0 Å². The summed E-state index contributed by atoms with van der Waals surface area (Å²) in [6, 6.07) is 0. The van der Waals surface area contributed by atoms with Gasteiger partial charge in [-0.25, -0.2) is 68.8 Å². The average Bonchev–Trinajstić information content (AvgIpc) is 1.59. The van der Waals surface area contributed by atoms with Crippen molar-refractivity contribution >= 4 is 135 Å². The van der Waals surface area contributed by atoms with E-state index in [1.54, 1.807) is 19.6 Å². The number of methoxy groups -OCH3 is 4. The fraction of sp³-hybridized carbons (Fsp3) is 0.775. The molecule has 0 aromatic carbocycles. The molecular weight excluding hydrogens is 3050 g/mol. The van der Waals surface area contributed by atoms with E-state index in [-0.39, 0.29) is 94.6 Å². The maximum absolute atomic E-state index is 12.8. The molecule has 0 aromatic rings. The zero-order valence-electron chi connectivity index (χ0n) is 80.8. The Kier molecular flexibility index (Phi) is 43.6. The molecule has 8 amide bonds. The van der Waals surface area contributed by atoms with Crippen molar-refractivity contribution in [2.24, 2.45) is 118 Å². The molecule has 8 bridgehead atoms. The van der Waals surface area contributed by atoms with Crippen LogP contribution in [0.5, 0.6) is 0 Å². The first-order chi connectivity index (χ1) is 65.9. The van der Waals surface area contributed by atoms with E-state index in [0.717, 1.165) is 162 Å². The van der Waals surface area contributed by atoms with Crippen LogP contribution in [0, 0.1) is 145 Å². The number of hydrogen-bond donors (Lipinski definition) is 0. The molecule has 0 radical (unpaired) electrons. The van der Waals surface area contributed by atoms with Gasteiger partial charge in [-0.2, -0.15) is 0 Å². The van der Waals surface area contributed by atoms with Crippen molar-refractivity contribution in [2.45, 2.75) is 259 Å². The van der Waals surface area contributed by atoms with E-state index in [1.165, 1.54) is 103 Å². The number of rotatable bonds is 28. The van der Waals surface area contributed by atoms with Crippen LogP contribution in [0.25, 0.3) is 0 Å². The van der Waals surface area contributed by atoms with Crippen LogP contribution >= 0.6 is 0 Å². The molecule has 806 valence electrons. The van der Waals surface area contributed by atoms with Crippen LogP contribution in [0.2, 0.25) is 0 Å². The molecule has 12 saturated carbocycles. The number of carbonyl (C=O) groups is 16. The number of nitrogens with zero attached hydrogens (tertiary/aromatic N) is 4. The Morgan fingerprint density at radius 1 is 0.269 bits per heavy atom. The van der Waals surface area contributed by atoms with E-state index in [0.29, 0.717) is 47.3 Å². The molecule has 16 aliphatic rings. The fourth-order valence-electron chi connectivity index (χ4n) is 22.1. The number of alkyl halides is 8. The van der Waals surface area contributed by atoms with Crippen molar-refractivity contribution in [1.29, 1.82) is 0 Å². The topological polar surface area (TPSA) is 589 Å². The number of imide groups is 4. The molecule has 56 heteroatoms. The normalized spacial score (nSPS) is 27.1. The van der Waals surface area contributed by atoms with Crippen molar-refractivity contribution in [3.63, 3.8) is 0 Å². The molecule has 0 aromatic heterocycles. The molecule has 12 aliphatic carbocycles. The molecule has 40 nitrogen and oxygen atoms in total. The summed E-state index contributed by atoms with van der Waals surface area (Å²) in [6.45, 7) is 0.258. The second-order valence-electron chi connectivity index (χ2n) is 38.3. The Labute approximate surface area is 810 Å². The minimum absolute atomic E-state index is 0. The second-order valence-corrected chi connectivity index (χ2v) is 44.1. The quantitative estimate of drug-likeness (QED) is 0.0177. The summed E-state index contributed by atoms with van der Waals surface area (Å²) in [5.41, 5.74) is 0. The predicted octanol–water partition coefficient (Wildman–Crippen LogP) is 8.35. The fourth-order valence-corrected chi connectivity index (χ4v) is 22.8. The Balaban J connectivity index is 0.000000291. The smallest absolute Gasteiger partial charge is 0.306 e. The van der Waals surface area contributed by atoms with Crippen LogP contribution in [0.15, 0.2) is 0 Å². The molecule has 16 rings (SSSR count). The first-order valence-electron chi connectivity index (χ1n) is 47.1. The maximum Gasteiger partial charge on any atom is 0.306 e. The van der Waals surface area contributed by atoms with E-state index in [9.17, 15) is 164 Å². The number of likely N-dealkylation sites (tertiary alicyclic amines) is 4.